The van der Waals surface area contributed by atoms with E-state index >= 15 is 0 Å². The molecule has 3 nitrogen and oxygen atoms in total. The van der Waals surface area contributed by atoms with Crippen LogP contribution < -0.4 is 0 Å². The molecule has 0 aromatic carbocycles. The standard InChI is InChI=1S/C9H14O3/c1-3-5-12-9(11)6-8(4-2)7-10/h3,7-8H,1,4-6H2,2H3. The molecule has 0 amide bonds. The summed E-state index contributed by atoms with van der Waals surface area (Å²) in [6, 6.07) is 0. The first-order valence-corrected chi connectivity index (χ1v) is 3.96. The molecule has 0 N–H and O–H groups in total. The Hall–Kier alpha value is -1.12. The molecule has 68 valence electrons. The van der Waals surface area contributed by atoms with Gasteiger partial charge in [-0.3, -0.25) is 4.79 Å². The van der Waals surface area contributed by atoms with Gasteiger partial charge in [-0.2, -0.15) is 0 Å². The molecule has 0 aliphatic rings. The van der Waals surface area contributed by atoms with Gasteiger partial charge in [-0.1, -0.05) is 19.6 Å². The monoisotopic (exact) mass is 170 g/mol. The van der Waals surface area contributed by atoms with Crippen molar-refractivity contribution < 1.29 is 14.3 Å². The number of ether oxygens (including phenoxy) is 1. The van der Waals surface area contributed by atoms with Crippen LogP contribution in [0, 0.1) is 5.92 Å². The Kier molecular flexibility index (Phi) is 5.97. The SMILES string of the molecule is C=CCOC(=O)CC(C=O)CC. The van der Waals surface area contributed by atoms with Crippen molar-refractivity contribution in [3.8, 4) is 0 Å². The second kappa shape index (κ2) is 6.58. The molecule has 0 saturated heterocycles. The molecule has 3 heteroatoms. The second-order valence-electron chi connectivity index (χ2n) is 2.48. The maximum absolute atomic E-state index is 10.9. The van der Waals surface area contributed by atoms with Crippen LogP contribution in [0.3, 0.4) is 0 Å². The highest BCUT2D eigenvalue weighted by molar-refractivity contribution is 5.73. The number of carbonyl (C=O) groups excluding carboxylic acids is 2. The molecule has 0 radical (unpaired) electrons. The van der Waals surface area contributed by atoms with Crippen molar-refractivity contribution in [3.05, 3.63) is 12.7 Å². The molecule has 0 fully saturated rings. The zero-order chi connectivity index (χ0) is 9.40. The van der Waals surface area contributed by atoms with Gasteiger partial charge < -0.3 is 9.53 Å². The van der Waals surface area contributed by atoms with E-state index in [-0.39, 0.29) is 24.9 Å². The minimum atomic E-state index is -0.339. The van der Waals surface area contributed by atoms with Crippen LogP contribution in [0.5, 0.6) is 0 Å². The Morgan fingerprint density at radius 2 is 2.33 bits per heavy atom. The predicted molar refractivity (Wildman–Crippen MR) is 45.6 cm³/mol. The minimum Gasteiger partial charge on any atom is -0.461 e. The van der Waals surface area contributed by atoms with E-state index in [0.29, 0.717) is 6.42 Å². The topological polar surface area (TPSA) is 43.4 Å². The summed E-state index contributed by atoms with van der Waals surface area (Å²) in [7, 11) is 0. The summed E-state index contributed by atoms with van der Waals surface area (Å²) in [6.45, 7) is 5.48. The molecule has 0 bridgehead atoms. The molecule has 1 unspecified atom stereocenters. The van der Waals surface area contributed by atoms with Gasteiger partial charge in [0, 0.05) is 5.92 Å². The Morgan fingerprint density at radius 1 is 1.67 bits per heavy atom. The maximum Gasteiger partial charge on any atom is 0.306 e. The molecule has 0 aromatic rings. The molecular weight excluding hydrogens is 156 g/mol. The van der Waals surface area contributed by atoms with E-state index in [9.17, 15) is 9.59 Å². The van der Waals surface area contributed by atoms with Crippen LogP contribution in [0.4, 0.5) is 0 Å². The highest BCUT2D eigenvalue weighted by Crippen LogP contribution is 2.05. The number of carbonyl (C=O) groups is 2. The van der Waals surface area contributed by atoms with Gasteiger partial charge in [0.25, 0.3) is 0 Å². The highest BCUT2D eigenvalue weighted by atomic mass is 16.5. The van der Waals surface area contributed by atoms with Crippen molar-refractivity contribution in [2.75, 3.05) is 6.61 Å². The number of rotatable bonds is 6. The van der Waals surface area contributed by atoms with Crippen molar-refractivity contribution in [3.63, 3.8) is 0 Å². The van der Waals surface area contributed by atoms with Crippen LogP contribution in [-0.2, 0) is 14.3 Å². The first kappa shape index (κ1) is 10.9. The van der Waals surface area contributed by atoms with Crippen LogP contribution in [0.15, 0.2) is 12.7 Å². The lowest BCUT2D eigenvalue weighted by atomic mass is 10.1. The van der Waals surface area contributed by atoms with E-state index in [2.05, 4.69) is 6.58 Å². The molecule has 0 rings (SSSR count). The van der Waals surface area contributed by atoms with Crippen LogP contribution in [0.2, 0.25) is 0 Å². The molecule has 0 aliphatic carbocycles. The average Bonchev–Trinajstić information content (AvgIpc) is 2.10. The average molecular weight is 170 g/mol. The van der Waals surface area contributed by atoms with Gasteiger partial charge in [-0.15, -0.1) is 0 Å². The highest BCUT2D eigenvalue weighted by Gasteiger charge is 2.11. The lowest BCUT2D eigenvalue weighted by molar-refractivity contribution is -0.144. The van der Waals surface area contributed by atoms with Crippen LogP contribution in [0.1, 0.15) is 19.8 Å². The fraction of sp³-hybridized carbons (Fsp3) is 0.556. The van der Waals surface area contributed by atoms with Crippen molar-refractivity contribution in [1.29, 1.82) is 0 Å². The van der Waals surface area contributed by atoms with E-state index in [1.165, 1.54) is 6.08 Å². The van der Waals surface area contributed by atoms with Gasteiger partial charge >= 0.3 is 5.97 Å². The van der Waals surface area contributed by atoms with E-state index in [0.717, 1.165) is 6.29 Å². The van der Waals surface area contributed by atoms with E-state index in [4.69, 9.17) is 4.74 Å². The molecule has 1 atom stereocenters. The molecular formula is C9H14O3. The predicted octanol–water partition coefficient (Wildman–Crippen LogP) is 1.33. The van der Waals surface area contributed by atoms with Crippen molar-refractivity contribution in [2.45, 2.75) is 19.8 Å². The fourth-order valence-electron chi connectivity index (χ4n) is 0.714. The summed E-state index contributed by atoms with van der Waals surface area (Å²) in [6.07, 6.45) is 3.13. The molecule has 0 aliphatic heterocycles. The number of aldehydes is 1. The van der Waals surface area contributed by atoms with Crippen LogP contribution in [0.25, 0.3) is 0 Å². The summed E-state index contributed by atoms with van der Waals surface area (Å²) in [5.74, 6) is -0.545. The number of esters is 1. The summed E-state index contributed by atoms with van der Waals surface area (Å²) in [4.78, 5) is 21.2. The Bertz CT molecular complexity index is 163. The zero-order valence-electron chi connectivity index (χ0n) is 7.29. The number of hydrogen-bond donors (Lipinski definition) is 0. The normalized spacial score (nSPS) is 11.8. The summed E-state index contributed by atoms with van der Waals surface area (Å²) < 4.78 is 4.71. The first-order chi connectivity index (χ1) is 5.74. The molecule has 0 saturated carbocycles. The van der Waals surface area contributed by atoms with Gasteiger partial charge in [0.15, 0.2) is 0 Å². The van der Waals surface area contributed by atoms with E-state index in [1.807, 2.05) is 6.92 Å². The summed E-state index contributed by atoms with van der Waals surface area (Å²) >= 11 is 0. The van der Waals surface area contributed by atoms with Gasteiger partial charge in [0.05, 0.1) is 6.42 Å². The van der Waals surface area contributed by atoms with Crippen LogP contribution in [-0.4, -0.2) is 18.9 Å². The van der Waals surface area contributed by atoms with Gasteiger partial charge in [0.2, 0.25) is 0 Å². The quantitative estimate of drug-likeness (QED) is 0.343. The minimum absolute atomic E-state index is 0.174. The Morgan fingerprint density at radius 3 is 2.75 bits per heavy atom. The van der Waals surface area contributed by atoms with Crippen molar-refractivity contribution >= 4 is 12.3 Å². The smallest absolute Gasteiger partial charge is 0.306 e. The first-order valence-electron chi connectivity index (χ1n) is 3.96. The molecule has 0 heterocycles. The second-order valence-corrected chi connectivity index (χ2v) is 2.48. The zero-order valence-corrected chi connectivity index (χ0v) is 7.29. The van der Waals surface area contributed by atoms with E-state index in [1.54, 1.807) is 0 Å². The van der Waals surface area contributed by atoms with Crippen molar-refractivity contribution in [1.82, 2.24) is 0 Å². The summed E-state index contributed by atoms with van der Waals surface area (Å²) in [5.41, 5.74) is 0. The molecule has 0 aromatic heterocycles. The van der Waals surface area contributed by atoms with Gasteiger partial charge in [-0.25, -0.2) is 0 Å². The van der Waals surface area contributed by atoms with Gasteiger partial charge in [-0.05, 0) is 6.42 Å². The van der Waals surface area contributed by atoms with Crippen molar-refractivity contribution in [2.24, 2.45) is 5.92 Å². The third-order valence-corrected chi connectivity index (χ3v) is 1.51. The summed E-state index contributed by atoms with van der Waals surface area (Å²) in [5, 5.41) is 0. The lowest BCUT2D eigenvalue weighted by Crippen LogP contribution is -2.12. The molecule has 12 heavy (non-hydrogen) atoms. The Labute approximate surface area is 72.4 Å². The van der Waals surface area contributed by atoms with Gasteiger partial charge in [0.1, 0.15) is 12.9 Å². The van der Waals surface area contributed by atoms with Crippen LogP contribution >= 0.6 is 0 Å². The number of hydrogen-bond acceptors (Lipinski definition) is 3. The third-order valence-electron chi connectivity index (χ3n) is 1.51. The largest absolute Gasteiger partial charge is 0.461 e. The maximum atomic E-state index is 10.9. The van der Waals surface area contributed by atoms with E-state index < -0.39 is 0 Å². The Balaban J connectivity index is 3.65. The lowest BCUT2D eigenvalue weighted by Gasteiger charge is -2.05. The fourth-order valence-corrected chi connectivity index (χ4v) is 0.714. The third kappa shape index (κ3) is 4.66. The molecule has 0 spiro atoms.